The molecule has 6 heteroatoms. The Morgan fingerprint density at radius 3 is 2.67 bits per heavy atom. The summed E-state index contributed by atoms with van der Waals surface area (Å²) in [5.74, 6) is 0.925. The van der Waals surface area contributed by atoms with Gasteiger partial charge in [-0.25, -0.2) is 9.78 Å². The number of nitrogens with two attached hydrogens (primary N) is 1. The second-order valence-corrected chi connectivity index (χ2v) is 6.47. The first-order valence-electron chi connectivity index (χ1n) is 7.10. The normalized spacial score (nSPS) is 19.4. The van der Waals surface area contributed by atoms with E-state index in [9.17, 15) is 4.79 Å². The summed E-state index contributed by atoms with van der Waals surface area (Å²) < 4.78 is 7.42. The molecular formula is C15H24N4O2. The molecule has 2 N–H and O–H groups in total. The number of carbonyl (C=O) groups is 1. The van der Waals surface area contributed by atoms with Gasteiger partial charge in [0.1, 0.15) is 11.4 Å². The molecule has 1 aliphatic rings. The third kappa shape index (κ3) is 3.64. The molecule has 1 aromatic rings. The van der Waals surface area contributed by atoms with Gasteiger partial charge in [0, 0.05) is 19.6 Å². The molecule has 2 heterocycles. The number of hydrogen-bond donors (Lipinski definition) is 1. The van der Waals surface area contributed by atoms with Crippen molar-refractivity contribution in [3.05, 3.63) is 23.8 Å². The van der Waals surface area contributed by atoms with E-state index in [1.165, 1.54) is 0 Å². The van der Waals surface area contributed by atoms with Crippen LogP contribution in [0.1, 0.15) is 32.3 Å². The van der Waals surface area contributed by atoms with Crippen molar-refractivity contribution in [3.8, 4) is 0 Å². The van der Waals surface area contributed by atoms with Crippen molar-refractivity contribution in [1.82, 2.24) is 14.5 Å². The highest BCUT2D eigenvalue weighted by atomic mass is 16.6. The molecule has 21 heavy (non-hydrogen) atoms. The van der Waals surface area contributed by atoms with E-state index in [-0.39, 0.29) is 12.1 Å². The lowest BCUT2D eigenvalue weighted by Crippen LogP contribution is -2.46. The van der Waals surface area contributed by atoms with Crippen LogP contribution in [0.5, 0.6) is 0 Å². The summed E-state index contributed by atoms with van der Waals surface area (Å²) in [4.78, 5) is 18.2. The molecule has 0 aliphatic carbocycles. The molecule has 0 bridgehead atoms. The lowest BCUT2D eigenvalue weighted by molar-refractivity contribution is 0.0265. The van der Waals surface area contributed by atoms with Gasteiger partial charge >= 0.3 is 6.09 Å². The molecule has 116 valence electrons. The highest BCUT2D eigenvalue weighted by Gasteiger charge is 2.28. The molecule has 1 aliphatic heterocycles. The van der Waals surface area contributed by atoms with E-state index in [0.717, 1.165) is 17.1 Å². The molecule has 0 fully saturated rings. The summed E-state index contributed by atoms with van der Waals surface area (Å²) in [7, 11) is 1.95. The van der Waals surface area contributed by atoms with Gasteiger partial charge in [-0.05, 0) is 33.3 Å². The summed E-state index contributed by atoms with van der Waals surface area (Å²) in [5, 5.41) is 0. The molecule has 1 unspecified atom stereocenters. The Balaban J connectivity index is 2.19. The minimum absolute atomic E-state index is 0.198. The average Bonchev–Trinajstić information content (AvgIpc) is 2.67. The van der Waals surface area contributed by atoms with Gasteiger partial charge in [-0.1, -0.05) is 6.08 Å². The Kier molecular flexibility index (Phi) is 4.09. The monoisotopic (exact) mass is 292 g/mol. The van der Waals surface area contributed by atoms with Gasteiger partial charge in [0.15, 0.2) is 0 Å². The van der Waals surface area contributed by atoms with E-state index in [0.29, 0.717) is 13.1 Å². The fourth-order valence-electron chi connectivity index (χ4n) is 2.32. The SMILES string of the molecule is Cc1ncc(C2=CC(N)CN(C(=O)OC(C)(C)C)C2)n1C. The predicted octanol–water partition coefficient (Wildman–Crippen LogP) is 1.69. The summed E-state index contributed by atoms with van der Waals surface area (Å²) in [6.45, 7) is 8.47. The van der Waals surface area contributed by atoms with E-state index in [1.54, 1.807) is 4.90 Å². The number of aromatic nitrogens is 2. The van der Waals surface area contributed by atoms with E-state index < -0.39 is 5.60 Å². The second kappa shape index (κ2) is 5.52. The van der Waals surface area contributed by atoms with E-state index in [4.69, 9.17) is 10.5 Å². The predicted molar refractivity (Wildman–Crippen MR) is 81.7 cm³/mol. The van der Waals surface area contributed by atoms with Gasteiger partial charge in [0.2, 0.25) is 0 Å². The van der Waals surface area contributed by atoms with Crippen LogP contribution in [-0.4, -0.2) is 45.3 Å². The quantitative estimate of drug-likeness (QED) is 0.855. The number of ether oxygens (including phenoxy) is 1. The van der Waals surface area contributed by atoms with Gasteiger partial charge in [0.05, 0.1) is 18.4 Å². The van der Waals surface area contributed by atoms with Crippen LogP contribution >= 0.6 is 0 Å². The maximum Gasteiger partial charge on any atom is 0.410 e. The maximum absolute atomic E-state index is 12.2. The Bertz CT molecular complexity index is 569. The zero-order chi connectivity index (χ0) is 15.8. The highest BCUT2D eigenvalue weighted by molar-refractivity contribution is 5.75. The van der Waals surface area contributed by atoms with E-state index in [1.807, 2.05) is 51.6 Å². The first kappa shape index (κ1) is 15.6. The molecule has 0 radical (unpaired) electrons. The lowest BCUT2D eigenvalue weighted by Gasteiger charge is -2.32. The number of rotatable bonds is 1. The van der Waals surface area contributed by atoms with Gasteiger partial charge < -0.3 is 19.9 Å². The fraction of sp³-hybridized carbons (Fsp3) is 0.600. The molecule has 1 aromatic heterocycles. The average molecular weight is 292 g/mol. The topological polar surface area (TPSA) is 73.4 Å². The fourth-order valence-corrected chi connectivity index (χ4v) is 2.32. The lowest BCUT2D eigenvalue weighted by atomic mass is 10.0. The number of nitrogens with zero attached hydrogens (tertiary/aromatic N) is 3. The van der Waals surface area contributed by atoms with E-state index >= 15 is 0 Å². The van der Waals surface area contributed by atoms with E-state index in [2.05, 4.69) is 4.98 Å². The van der Waals surface area contributed by atoms with Crippen LogP contribution < -0.4 is 5.73 Å². The van der Waals surface area contributed by atoms with Crippen LogP contribution in [0.2, 0.25) is 0 Å². The first-order chi connectivity index (χ1) is 9.67. The van der Waals surface area contributed by atoms with Crippen LogP contribution in [0.3, 0.4) is 0 Å². The molecule has 2 rings (SSSR count). The molecule has 6 nitrogen and oxygen atoms in total. The Labute approximate surface area is 125 Å². The largest absolute Gasteiger partial charge is 0.444 e. The Hall–Kier alpha value is -1.82. The Morgan fingerprint density at radius 2 is 2.14 bits per heavy atom. The second-order valence-electron chi connectivity index (χ2n) is 6.47. The summed E-state index contributed by atoms with van der Waals surface area (Å²) >= 11 is 0. The van der Waals surface area contributed by atoms with Gasteiger partial charge in [-0.15, -0.1) is 0 Å². The number of carbonyl (C=O) groups excluding carboxylic acids is 1. The summed E-state index contributed by atoms with van der Waals surface area (Å²) in [5.41, 5.74) is 7.53. The van der Waals surface area contributed by atoms with Crippen molar-refractivity contribution in [3.63, 3.8) is 0 Å². The summed E-state index contributed by atoms with van der Waals surface area (Å²) in [6.07, 6.45) is 3.48. The maximum atomic E-state index is 12.2. The minimum atomic E-state index is -0.508. The number of amides is 1. The standard InChI is InChI=1S/C15H24N4O2/c1-10-17-7-13(18(10)5)11-6-12(16)9-19(8-11)14(20)21-15(2,3)4/h6-7,12H,8-9,16H2,1-5H3. The molecule has 0 aromatic carbocycles. The van der Waals surface area contributed by atoms with Gasteiger partial charge in [0.25, 0.3) is 0 Å². The zero-order valence-corrected chi connectivity index (χ0v) is 13.4. The van der Waals surface area contributed by atoms with Crippen LogP contribution in [0.15, 0.2) is 12.3 Å². The number of hydrogen-bond acceptors (Lipinski definition) is 4. The minimum Gasteiger partial charge on any atom is -0.444 e. The first-order valence-corrected chi connectivity index (χ1v) is 7.10. The van der Waals surface area contributed by atoms with Crippen LogP contribution in [0, 0.1) is 6.92 Å². The van der Waals surface area contributed by atoms with Crippen molar-refractivity contribution in [2.75, 3.05) is 13.1 Å². The van der Waals surface area contributed by atoms with Crippen molar-refractivity contribution in [1.29, 1.82) is 0 Å². The van der Waals surface area contributed by atoms with Crippen molar-refractivity contribution in [2.45, 2.75) is 39.3 Å². The third-order valence-electron chi connectivity index (χ3n) is 3.41. The van der Waals surface area contributed by atoms with Crippen molar-refractivity contribution < 1.29 is 9.53 Å². The third-order valence-corrected chi connectivity index (χ3v) is 3.41. The van der Waals surface area contributed by atoms with Crippen LogP contribution in [-0.2, 0) is 11.8 Å². The summed E-state index contributed by atoms with van der Waals surface area (Å²) in [6, 6.07) is -0.198. The highest BCUT2D eigenvalue weighted by Crippen LogP contribution is 2.22. The van der Waals surface area contributed by atoms with Crippen LogP contribution in [0.25, 0.3) is 5.57 Å². The van der Waals surface area contributed by atoms with Gasteiger partial charge in [-0.2, -0.15) is 0 Å². The molecule has 0 saturated carbocycles. The molecule has 0 spiro atoms. The van der Waals surface area contributed by atoms with Crippen molar-refractivity contribution >= 4 is 11.7 Å². The zero-order valence-electron chi connectivity index (χ0n) is 13.4. The van der Waals surface area contributed by atoms with Crippen LogP contribution in [0.4, 0.5) is 4.79 Å². The van der Waals surface area contributed by atoms with Gasteiger partial charge in [-0.3, -0.25) is 0 Å². The smallest absolute Gasteiger partial charge is 0.410 e. The number of imidazole rings is 1. The number of aryl methyl sites for hydroxylation is 1. The Morgan fingerprint density at radius 1 is 1.48 bits per heavy atom. The molecular weight excluding hydrogens is 268 g/mol. The molecule has 1 atom stereocenters. The molecule has 0 saturated heterocycles. The molecule has 1 amide bonds. The van der Waals surface area contributed by atoms with Crippen molar-refractivity contribution in [2.24, 2.45) is 12.8 Å².